The molecule has 1 aliphatic carbocycles. The molecular weight excluding hydrogens is 370 g/mol. The molecule has 6 rings (SSSR count). The van der Waals surface area contributed by atoms with Crippen LogP contribution in [0.2, 0.25) is 0 Å². The summed E-state index contributed by atoms with van der Waals surface area (Å²) in [6.07, 6.45) is 6.10. The Morgan fingerprint density at radius 2 is 1.73 bits per heavy atom. The molecule has 3 heterocycles. The highest BCUT2D eigenvalue weighted by Gasteiger charge is 2.39. The van der Waals surface area contributed by atoms with E-state index in [1.165, 1.54) is 5.56 Å². The van der Waals surface area contributed by atoms with Gasteiger partial charge in [0.25, 0.3) is 11.5 Å². The Morgan fingerprint density at radius 1 is 0.967 bits per heavy atom. The van der Waals surface area contributed by atoms with Crippen LogP contribution in [0.15, 0.2) is 79.1 Å². The summed E-state index contributed by atoms with van der Waals surface area (Å²) in [6, 6.07) is 23.1. The summed E-state index contributed by atoms with van der Waals surface area (Å²) in [4.78, 5) is 4.74. The van der Waals surface area contributed by atoms with E-state index in [9.17, 15) is 0 Å². The topological polar surface area (TPSA) is 60.8 Å². The van der Waals surface area contributed by atoms with Crippen molar-refractivity contribution in [3.8, 4) is 16.8 Å². The minimum atomic E-state index is -0.128. The van der Waals surface area contributed by atoms with Gasteiger partial charge in [-0.05, 0) is 48.2 Å². The predicted molar refractivity (Wildman–Crippen MR) is 117 cm³/mol. The maximum absolute atomic E-state index is 6.36. The summed E-state index contributed by atoms with van der Waals surface area (Å²) in [5.74, 6) is 0.929. The van der Waals surface area contributed by atoms with Gasteiger partial charge in [-0.25, -0.2) is 4.40 Å². The van der Waals surface area contributed by atoms with Gasteiger partial charge in [0.2, 0.25) is 0 Å². The number of hydrogen-bond acceptors (Lipinski definition) is 3. The summed E-state index contributed by atoms with van der Waals surface area (Å²) in [6.45, 7) is 2.03. The van der Waals surface area contributed by atoms with Crippen molar-refractivity contribution in [3.05, 3.63) is 90.5 Å². The fourth-order valence-corrected chi connectivity index (χ4v) is 4.18. The van der Waals surface area contributed by atoms with E-state index >= 15 is 0 Å². The van der Waals surface area contributed by atoms with Gasteiger partial charge < -0.3 is 5.73 Å². The Labute approximate surface area is 174 Å². The van der Waals surface area contributed by atoms with E-state index in [0.717, 1.165) is 52.0 Å². The highest BCUT2D eigenvalue weighted by molar-refractivity contribution is 5.92. The Balaban J connectivity index is 1.58. The standard InChI is InChI=1S/C25H22N5/c1-17-28-30(21-9-7-20(8-10-21)25(26)12-13-25)24-22-15-19(18-5-3-2-4-6-18)16-27-23(22)11-14-29(17)24/h2-11,14-16H,12-13,26H2,1H3/q+1. The van der Waals surface area contributed by atoms with Gasteiger partial charge in [-0.2, -0.15) is 0 Å². The molecular formula is C25H22N5+. The average molecular weight is 392 g/mol. The fourth-order valence-electron chi connectivity index (χ4n) is 4.18. The Hall–Kier alpha value is -3.57. The van der Waals surface area contributed by atoms with Crippen LogP contribution < -0.4 is 10.1 Å². The highest BCUT2D eigenvalue weighted by Crippen LogP contribution is 2.42. The molecule has 0 unspecified atom stereocenters. The van der Waals surface area contributed by atoms with Gasteiger partial charge in [-0.1, -0.05) is 47.1 Å². The molecule has 146 valence electrons. The summed E-state index contributed by atoms with van der Waals surface area (Å²) in [5.41, 5.74) is 12.7. The predicted octanol–water partition coefficient (Wildman–Crippen LogP) is 4.08. The number of rotatable bonds is 3. The van der Waals surface area contributed by atoms with Crippen molar-refractivity contribution in [2.24, 2.45) is 5.73 Å². The zero-order valence-electron chi connectivity index (χ0n) is 16.8. The third kappa shape index (κ3) is 2.63. The van der Waals surface area contributed by atoms with Crippen LogP contribution in [0.3, 0.4) is 0 Å². The SMILES string of the molecule is Cc1nn(-c2ccc(C3(N)CC3)cc2)c2c3cc(-c4ccccc4)cnc3cc[n+]12. The summed E-state index contributed by atoms with van der Waals surface area (Å²) in [7, 11) is 0. The second kappa shape index (κ2) is 6.21. The first kappa shape index (κ1) is 17.3. The maximum Gasteiger partial charge on any atom is 0.280 e. The quantitative estimate of drug-likeness (QED) is 0.471. The normalized spacial score (nSPS) is 15.0. The van der Waals surface area contributed by atoms with E-state index < -0.39 is 0 Å². The van der Waals surface area contributed by atoms with Gasteiger partial charge in [0.1, 0.15) is 5.69 Å². The molecule has 30 heavy (non-hydrogen) atoms. The van der Waals surface area contributed by atoms with Crippen molar-refractivity contribution < 1.29 is 4.40 Å². The average Bonchev–Trinajstić information content (AvgIpc) is 3.46. The van der Waals surface area contributed by atoms with E-state index in [4.69, 9.17) is 15.8 Å². The van der Waals surface area contributed by atoms with Crippen LogP contribution in [0.25, 0.3) is 33.4 Å². The van der Waals surface area contributed by atoms with Crippen molar-refractivity contribution in [2.75, 3.05) is 0 Å². The lowest BCUT2D eigenvalue weighted by Gasteiger charge is -2.08. The Bertz CT molecular complexity index is 1400. The van der Waals surface area contributed by atoms with E-state index in [2.05, 4.69) is 59.0 Å². The van der Waals surface area contributed by atoms with Crippen LogP contribution in [0.5, 0.6) is 0 Å². The summed E-state index contributed by atoms with van der Waals surface area (Å²) < 4.78 is 4.13. The third-order valence-electron chi connectivity index (χ3n) is 6.15. The number of aromatic nitrogens is 4. The zero-order valence-corrected chi connectivity index (χ0v) is 16.8. The second-order valence-corrected chi connectivity index (χ2v) is 8.19. The monoisotopic (exact) mass is 392 g/mol. The number of fused-ring (bicyclic) bond motifs is 3. The molecule has 2 N–H and O–H groups in total. The van der Waals surface area contributed by atoms with Crippen molar-refractivity contribution in [1.82, 2.24) is 14.8 Å². The molecule has 5 nitrogen and oxygen atoms in total. The molecule has 0 aliphatic heterocycles. The minimum Gasteiger partial charge on any atom is -0.321 e. The summed E-state index contributed by atoms with van der Waals surface area (Å²) >= 11 is 0. The van der Waals surface area contributed by atoms with E-state index in [1.54, 1.807) is 0 Å². The second-order valence-electron chi connectivity index (χ2n) is 8.19. The largest absolute Gasteiger partial charge is 0.321 e. The fraction of sp³-hybridized carbons (Fsp3) is 0.160. The lowest BCUT2D eigenvalue weighted by atomic mass is 10.1. The molecule has 1 fully saturated rings. The number of benzene rings is 2. The lowest BCUT2D eigenvalue weighted by molar-refractivity contribution is -0.519. The Kier molecular flexibility index (Phi) is 3.58. The van der Waals surface area contributed by atoms with Crippen molar-refractivity contribution in [3.63, 3.8) is 0 Å². The van der Waals surface area contributed by atoms with E-state index in [1.807, 2.05) is 36.1 Å². The Morgan fingerprint density at radius 3 is 2.47 bits per heavy atom. The van der Waals surface area contributed by atoms with Crippen LogP contribution in [0.1, 0.15) is 24.2 Å². The number of aryl methyl sites for hydroxylation is 1. The smallest absolute Gasteiger partial charge is 0.280 e. The number of hydrogen-bond donors (Lipinski definition) is 1. The lowest BCUT2D eigenvalue weighted by Crippen LogP contribution is -2.23. The van der Waals surface area contributed by atoms with Gasteiger partial charge in [0.05, 0.1) is 17.1 Å². The third-order valence-corrected chi connectivity index (χ3v) is 6.15. The number of pyridine rings is 2. The molecule has 0 bridgehead atoms. The number of nitrogens with zero attached hydrogens (tertiary/aromatic N) is 4. The molecule has 0 saturated heterocycles. The van der Waals surface area contributed by atoms with Crippen LogP contribution in [-0.2, 0) is 5.54 Å². The molecule has 0 radical (unpaired) electrons. The van der Waals surface area contributed by atoms with E-state index in [-0.39, 0.29) is 5.54 Å². The van der Waals surface area contributed by atoms with Gasteiger partial charge in [-0.3, -0.25) is 4.98 Å². The minimum absolute atomic E-state index is 0.128. The first-order chi connectivity index (χ1) is 14.6. The van der Waals surface area contributed by atoms with Gasteiger partial charge >= 0.3 is 0 Å². The number of nitrogens with two attached hydrogens (primary N) is 1. The van der Waals surface area contributed by atoms with Crippen molar-refractivity contribution >= 4 is 16.6 Å². The van der Waals surface area contributed by atoms with Gasteiger partial charge in [0.15, 0.2) is 0 Å². The summed E-state index contributed by atoms with van der Waals surface area (Å²) in [5, 5.41) is 5.91. The first-order valence-electron chi connectivity index (χ1n) is 10.3. The molecule has 2 aromatic carbocycles. The molecule has 0 amide bonds. The van der Waals surface area contributed by atoms with Crippen LogP contribution in [-0.4, -0.2) is 14.8 Å². The maximum atomic E-state index is 6.36. The molecule has 5 aromatic rings. The molecule has 1 aliphatic rings. The van der Waals surface area contributed by atoms with Gasteiger partial charge in [0, 0.05) is 29.3 Å². The van der Waals surface area contributed by atoms with Crippen LogP contribution >= 0.6 is 0 Å². The van der Waals surface area contributed by atoms with Crippen LogP contribution in [0, 0.1) is 6.92 Å². The van der Waals surface area contributed by atoms with Crippen molar-refractivity contribution in [2.45, 2.75) is 25.3 Å². The molecule has 0 spiro atoms. The molecule has 5 heteroatoms. The van der Waals surface area contributed by atoms with E-state index in [0.29, 0.717) is 0 Å². The van der Waals surface area contributed by atoms with Crippen molar-refractivity contribution in [1.29, 1.82) is 0 Å². The highest BCUT2D eigenvalue weighted by atomic mass is 15.4. The molecule has 1 saturated carbocycles. The molecule has 3 aromatic heterocycles. The van der Waals surface area contributed by atoms with Gasteiger partial charge in [-0.15, -0.1) is 0 Å². The van der Waals surface area contributed by atoms with Crippen LogP contribution in [0.4, 0.5) is 0 Å². The first-order valence-corrected chi connectivity index (χ1v) is 10.3. The molecule has 0 atom stereocenters. The zero-order chi connectivity index (χ0) is 20.3.